The molecule has 0 aliphatic heterocycles. The standard InChI is InChI=1S/C54H32N4/c1-4-14-39-33(11-1)21-22-36-23-24-37(31-44(36)39)53-42-17-7-9-19-46(42)55-54(56-53)58-48-30-27-38(32-45(48)52-41-16-6-3-13-35(41)26-29-50(52)58)57-47-20-10-8-18-43(47)51-40-15-5-2-12-34(40)25-28-49(51)57/h1-32H. The van der Waals surface area contributed by atoms with E-state index >= 15 is 0 Å². The van der Waals surface area contributed by atoms with Gasteiger partial charge in [-0.3, -0.25) is 4.57 Å². The summed E-state index contributed by atoms with van der Waals surface area (Å²) in [6, 6.07) is 70.2. The Morgan fingerprint density at radius 2 is 0.828 bits per heavy atom. The second-order valence-electron chi connectivity index (χ2n) is 15.4. The third kappa shape index (κ3) is 4.40. The van der Waals surface area contributed by atoms with Crippen LogP contribution in [0, 0.1) is 0 Å². The summed E-state index contributed by atoms with van der Waals surface area (Å²) in [5.41, 5.74) is 8.52. The zero-order valence-electron chi connectivity index (χ0n) is 31.3. The Morgan fingerprint density at radius 1 is 0.310 bits per heavy atom. The lowest BCUT2D eigenvalue weighted by Gasteiger charge is -2.13. The van der Waals surface area contributed by atoms with Gasteiger partial charge in [0.15, 0.2) is 0 Å². The Hall–Kier alpha value is -7.82. The van der Waals surface area contributed by atoms with Gasteiger partial charge in [-0.1, -0.05) is 146 Å². The summed E-state index contributed by atoms with van der Waals surface area (Å²) in [5.74, 6) is 0.651. The van der Waals surface area contributed by atoms with Crippen molar-refractivity contribution in [1.82, 2.24) is 19.1 Å². The van der Waals surface area contributed by atoms with E-state index in [9.17, 15) is 0 Å². The van der Waals surface area contributed by atoms with Gasteiger partial charge in [0, 0.05) is 38.2 Å². The van der Waals surface area contributed by atoms with Crippen LogP contribution in [0.5, 0.6) is 0 Å². The van der Waals surface area contributed by atoms with E-state index in [2.05, 4.69) is 203 Å². The first-order valence-corrected chi connectivity index (χ1v) is 19.8. The fraction of sp³-hybridized carbons (Fsp3) is 0. The summed E-state index contributed by atoms with van der Waals surface area (Å²) in [6.45, 7) is 0. The highest BCUT2D eigenvalue weighted by Crippen LogP contribution is 2.41. The smallest absolute Gasteiger partial charge is 0.235 e. The van der Waals surface area contributed by atoms with Crippen LogP contribution in [0.15, 0.2) is 194 Å². The number of hydrogen-bond donors (Lipinski definition) is 0. The SMILES string of the molecule is c1ccc2c(c1)ccc1ccc(-c3nc(-n4c5ccc(-n6c7ccccc7c7c8ccccc8ccc76)cc5c5c6ccccc6ccc54)nc4ccccc34)cc12. The summed E-state index contributed by atoms with van der Waals surface area (Å²) >= 11 is 0. The Labute approximate surface area is 332 Å². The molecule has 0 saturated heterocycles. The Balaban J connectivity index is 1.11. The zero-order valence-corrected chi connectivity index (χ0v) is 31.3. The van der Waals surface area contributed by atoms with Crippen LogP contribution >= 0.6 is 0 Å². The maximum atomic E-state index is 5.51. The van der Waals surface area contributed by atoms with Gasteiger partial charge in [-0.2, -0.15) is 0 Å². The minimum atomic E-state index is 0.651. The van der Waals surface area contributed by atoms with Gasteiger partial charge < -0.3 is 4.57 Å². The second-order valence-corrected chi connectivity index (χ2v) is 15.4. The lowest BCUT2D eigenvalue weighted by molar-refractivity contribution is 1.01. The topological polar surface area (TPSA) is 35.6 Å². The summed E-state index contributed by atoms with van der Waals surface area (Å²) < 4.78 is 4.70. The molecule has 58 heavy (non-hydrogen) atoms. The molecule has 0 aliphatic carbocycles. The maximum absolute atomic E-state index is 5.51. The molecule has 0 amide bonds. The van der Waals surface area contributed by atoms with E-state index in [0.717, 1.165) is 44.3 Å². The Morgan fingerprint density at radius 3 is 1.59 bits per heavy atom. The minimum absolute atomic E-state index is 0.651. The van der Waals surface area contributed by atoms with Crippen molar-refractivity contribution in [2.75, 3.05) is 0 Å². The minimum Gasteiger partial charge on any atom is -0.309 e. The van der Waals surface area contributed by atoms with Crippen LogP contribution in [0.3, 0.4) is 0 Å². The van der Waals surface area contributed by atoms with Crippen molar-refractivity contribution < 1.29 is 0 Å². The van der Waals surface area contributed by atoms with E-state index in [4.69, 9.17) is 9.97 Å². The van der Waals surface area contributed by atoms with Crippen LogP contribution in [0.2, 0.25) is 0 Å². The fourth-order valence-corrected chi connectivity index (χ4v) is 9.68. The monoisotopic (exact) mass is 736 g/mol. The molecule has 0 spiro atoms. The van der Waals surface area contributed by atoms with Crippen molar-refractivity contribution in [3.8, 4) is 22.9 Å². The number of benzene rings is 10. The van der Waals surface area contributed by atoms with Gasteiger partial charge in [-0.05, 0) is 91.6 Å². The number of rotatable bonds is 3. The van der Waals surface area contributed by atoms with Crippen LogP contribution in [0.25, 0.3) is 120 Å². The molecule has 13 rings (SSSR count). The molecule has 10 aromatic carbocycles. The van der Waals surface area contributed by atoms with E-state index in [1.807, 2.05) is 0 Å². The van der Waals surface area contributed by atoms with Crippen LogP contribution in [-0.4, -0.2) is 19.1 Å². The van der Waals surface area contributed by atoms with E-state index in [0.29, 0.717) is 5.95 Å². The molecule has 4 nitrogen and oxygen atoms in total. The number of para-hydroxylation sites is 2. The normalized spacial score (nSPS) is 12.1. The van der Waals surface area contributed by atoms with Crippen LogP contribution in [-0.2, 0) is 0 Å². The molecular weight excluding hydrogens is 705 g/mol. The lowest BCUT2D eigenvalue weighted by atomic mass is 9.98. The van der Waals surface area contributed by atoms with Gasteiger partial charge >= 0.3 is 0 Å². The molecule has 268 valence electrons. The number of nitrogens with zero attached hydrogens (tertiary/aromatic N) is 4. The highest BCUT2D eigenvalue weighted by molar-refractivity contribution is 6.23. The first-order valence-electron chi connectivity index (χ1n) is 19.8. The first-order chi connectivity index (χ1) is 28.8. The molecule has 3 heterocycles. The predicted molar refractivity (Wildman–Crippen MR) is 244 cm³/mol. The molecule has 4 heteroatoms. The fourth-order valence-electron chi connectivity index (χ4n) is 9.68. The van der Waals surface area contributed by atoms with Gasteiger partial charge in [0.25, 0.3) is 0 Å². The maximum Gasteiger partial charge on any atom is 0.235 e. The van der Waals surface area contributed by atoms with Gasteiger partial charge in [0.2, 0.25) is 5.95 Å². The molecule has 3 aromatic heterocycles. The quantitative estimate of drug-likeness (QED) is 0.169. The van der Waals surface area contributed by atoms with Crippen molar-refractivity contribution in [1.29, 1.82) is 0 Å². The molecule has 0 bridgehead atoms. The highest BCUT2D eigenvalue weighted by atomic mass is 15.2. The summed E-state index contributed by atoms with van der Waals surface area (Å²) in [6.07, 6.45) is 0. The van der Waals surface area contributed by atoms with Crippen molar-refractivity contribution in [2.45, 2.75) is 0 Å². The summed E-state index contributed by atoms with van der Waals surface area (Å²) in [4.78, 5) is 10.8. The van der Waals surface area contributed by atoms with Crippen molar-refractivity contribution >= 4 is 97.6 Å². The average molecular weight is 737 g/mol. The van der Waals surface area contributed by atoms with Crippen LogP contribution in [0.4, 0.5) is 0 Å². The number of fused-ring (bicyclic) bond motifs is 14. The molecule has 0 atom stereocenters. The first kappa shape index (κ1) is 31.4. The van der Waals surface area contributed by atoms with Crippen molar-refractivity contribution in [2.24, 2.45) is 0 Å². The molecule has 0 radical (unpaired) electrons. The number of aromatic nitrogens is 4. The Kier molecular flexibility index (Phi) is 6.41. The predicted octanol–water partition coefficient (Wildman–Crippen LogP) is 14.1. The van der Waals surface area contributed by atoms with E-state index in [-0.39, 0.29) is 0 Å². The van der Waals surface area contributed by atoms with Crippen molar-refractivity contribution in [3.05, 3.63) is 194 Å². The highest BCUT2D eigenvalue weighted by Gasteiger charge is 2.21. The van der Waals surface area contributed by atoms with Crippen LogP contribution < -0.4 is 0 Å². The molecule has 0 aliphatic rings. The summed E-state index contributed by atoms with van der Waals surface area (Å²) in [7, 11) is 0. The van der Waals surface area contributed by atoms with E-state index in [1.54, 1.807) is 0 Å². The van der Waals surface area contributed by atoms with Gasteiger partial charge in [-0.15, -0.1) is 0 Å². The zero-order chi connectivity index (χ0) is 37.9. The molecular formula is C54H32N4. The van der Waals surface area contributed by atoms with Gasteiger partial charge in [0.05, 0.1) is 33.3 Å². The molecule has 0 unspecified atom stereocenters. The lowest BCUT2D eigenvalue weighted by Crippen LogP contribution is -2.03. The van der Waals surface area contributed by atoms with Gasteiger partial charge in [-0.25, -0.2) is 9.97 Å². The average Bonchev–Trinajstić information content (AvgIpc) is 3.81. The molecule has 0 N–H and O–H groups in total. The second kappa shape index (κ2) is 11.8. The van der Waals surface area contributed by atoms with Crippen LogP contribution in [0.1, 0.15) is 0 Å². The summed E-state index contributed by atoms with van der Waals surface area (Å²) in [5, 5.41) is 15.7. The molecule has 0 saturated carbocycles. The van der Waals surface area contributed by atoms with E-state index < -0.39 is 0 Å². The third-order valence-corrected chi connectivity index (χ3v) is 12.3. The third-order valence-electron chi connectivity index (χ3n) is 12.3. The molecule has 13 aromatic rings. The van der Waals surface area contributed by atoms with Crippen molar-refractivity contribution in [3.63, 3.8) is 0 Å². The largest absolute Gasteiger partial charge is 0.309 e. The molecule has 0 fully saturated rings. The van der Waals surface area contributed by atoms with E-state index in [1.165, 1.54) is 70.3 Å². The van der Waals surface area contributed by atoms with Gasteiger partial charge in [0.1, 0.15) is 0 Å². The Bertz CT molecular complexity index is 3870. The number of hydrogen-bond acceptors (Lipinski definition) is 2.